The monoisotopic (exact) mass is 606 g/mol. The van der Waals surface area contributed by atoms with E-state index in [4.69, 9.17) is 59.5 Å². The van der Waals surface area contributed by atoms with Crippen molar-refractivity contribution in [3.8, 4) is 29.1 Å². The van der Waals surface area contributed by atoms with Gasteiger partial charge in [-0.15, -0.1) is 0 Å². The van der Waals surface area contributed by atoms with Crippen molar-refractivity contribution in [3.63, 3.8) is 0 Å². The molecule has 5 rings (SSSR count). The van der Waals surface area contributed by atoms with Crippen LogP contribution in [0.5, 0.6) is 23.0 Å². The zero-order chi connectivity index (χ0) is 28.9. The summed E-state index contributed by atoms with van der Waals surface area (Å²) in [5.74, 6) is 0.260. The molecule has 0 aromatic heterocycles. The first-order chi connectivity index (χ1) is 19.8. The van der Waals surface area contributed by atoms with E-state index in [0.717, 1.165) is 11.1 Å². The van der Waals surface area contributed by atoms with Crippen LogP contribution in [0.2, 0.25) is 15.1 Å². The Bertz CT molecular complexity index is 1680. The molecular weight excluding hydrogens is 587 g/mol. The summed E-state index contributed by atoms with van der Waals surface area (Å²) < 4.78 is 22.6. The summed E-state index contributed by atoms with van der Waals surface area (Å²) in [5.41, 5.74) is 8.82. The van der Waals surface area contributed by atoms with Gasteiger partial charge in [0.05, 0.1) is 10.9 Å². The fourth-order valence-electron chi connectivity index (χ4n) is 4.26. The van der Waals surface area contributed by atoms with Gasteiger partial charge in [0.15, 0.2) is 6.61 Å². The van der Waals surface area contributed by atoms with Crippen LogP contribution in [-0.4, -0.2) is 12.6 Å². The van der Waals surface area contributed by atoms with Crippen LogP contribution in [0.1, 0.15) is 22.6 Å². The SMILES string of the molecule is N#CC1=C(N)Oc2cc(OC(=O)COc3ccc(Cl)cc3Cl)ccc2C1c1cccc(OCc2ccc(Cl)cc2)c1. The average molecular weight is 608 g/mol. The first-order valence-corrected chi connectivity index (χ1v) is 13.4. The summed E-state index contributed by atoms with van der Waals surface area (Å²) in [6.45, 7) is -0.0396. The summed E-state index contributed by atoms with van der Waals surface area (Å²) >= 11 is 17.9. The molecule has 1 unspecified atom stereocenters. The second-order valence-corrected chi connectivity index (χ2v) is 10.2. The minimum Gasteiger partial charge on any atom is -0.489 e. The van der Waals surface area contributed by atoms with E-state index in [1.807, 2.05) is 36.4 Å². The zero-order valence-electron chi connectivity index (χ0n) is 21.3. The fourth-order valence-corrected chi connectivity index (χ4v) is 4.85. The van der Waals surface area contributed by atoms with E-state index in [1.165, 1.54) is 12.1 Å². The summed E-state index contributed by atoms with van der Waals surface area (Å²) in [6, 6.07) is 26.5. The number of allylic oxidation sites excluding steroid dienone is 1. The number of esters is 1. The van der Waals surface area contributed by atoms with E-state index in [0.29, 0.717) is 39.5 Å². The number of fused-ring (bicyclic) bond motifs is 1. The van der Waals surface area contributed by atoms with Crippen LogP contribution in [0, 0.1) is 11.3 Å². The highest BCUT2D eigenvalue weighted by atomic mass is 35.5. The maximum absolute atomic E-state index is 12.4. The highest BCUT2D eigenvalue weighted by Crippen LogP contribution is 2.44. The molecule has 41 heavy (non-hydrogen) atoms. The number of carbonyl (C=O) groups excluding carboxylic acids is 1. The Kier molecular flexibility index (Phi) is 8.55. The molecule has 0 radical (unpaired) electrons. The maximum atomic E-state index is 12.4. The van der Waals surface area contributed by atoms with Gasteiger partial charge < -0.3 is 24.7 Å². The Morgan fingerprint density at radius 2 is 1.68 bits per heavy atom. The number of nitrogens with two attached hydrogens (primary N) is 1. The van der Waals surface area contributed by atoms with Crippen LogP contribution in [-0.2, 0) is 11.4 Å². The Hall–Kier alpha value is -4.35. The third-order valence-electron chi connectivity index (χ3n) is 6.17. The van der Waals surface area contributed by atoms with Crippen molar-refractivity contribution >= 4 is 40.8 Å². The molecule has 1 aliphatic heterocycles. The van der Waals surface area contributed by atoms with Crippen LogP contribution in [0.25, 0.3) is 0 Å². The molecule has 10 heteroatoms. The Morgan fingerprint density at radius 1 is 0.902 bits per heavy atom. The molecular formula is C31H21Cl3N2O5. The van der Waals surface area contributed by atoms with Crippen molar-refractivity contribution in [2.45, 2.75) is 12.5 Å². The quantitative estimate of drug-likeness (QED) is 0.164. The van der Waals surface area contributed by atoms with E-state index < -0.39 is 11.9 Å². The van der Waals surface area contributed by atoms with Gasteiger partial charge in [-0.05, 0) is 59.7 Å². The summed E-state index contributed by atoms with van der Waals surface area (Å²) in [4.78, 5) is 12.4. The van der Waals surface area contributed by atoms with E-state index in [-0.39, 0.29) is 28.8 Å². The van der Waals surface area contributed by atoms with Gasteiger partial charge in [-0.2, -0.15) is 5.26 Å². The minimum absolute atomic E-state index is 0.0401. The topological polar surface area (TPSA) is 104 Å². The molecule has 0 saturated heterocycles. The second-order valence-electron chi connectivity index (χ2n) is 8.95. The number of ether oxygens (including phenoxy) is 4. The van der Waals surface area contributed by atoms with Crippen molar-refractivity contribution in [2.24, 2.45) is 5.73 Å². The molecule has 0 fully saturated rings. The van der Waals surface area contributed by atoms with Crippen molar-refractivity contribution in [3.05, 3.63) is 128 Å². The lowest BCUT2D eigenvalue weighted by molar-refractivity contribution is -0.136. The summed E-state index contributed by atoms with van der Waals surface area (Å²) in [5, 5.41) is 11.3. The van der Waals surface area contributed by atoms with Gasteiger partial charge >= 0.3 is 5.97 Å². The molecule has 0 amide bonds. The molecule has 2 N–H and O–H groups in total. The second kappa shape index (κ2) is 12.4. The number of halogens is 3. The first-order valence-electron chi connectivity index (χ1n) is 12.3. The minimum atomic E-state index is -0.657. The van der Waals surface area contributed by atoms with Gasteiger partial charge in [-0.25, -0.2) is 4.79 Å². The largest absolute Gasteiger partial charge is 0.489 e. The Balaban J connectivity index is 1.33. The standard InChI is InChI=1S/C31H21Cl3N2O5/c32-20-6-4-18(5-7-20)16-38-22-3-1-2-19(12-22)30-24-10-9-23(14-28(24)41-31(36)25(30)15-35)40-29(37)17-39-27-11-8-21(33)13-26(27)34/h1-14,30H,16-17,36H2. The zero-order valence-corrected chi connectivity index (χ0v) is 23.5. The van der Waals surface area contributed by atoms with Crippen LogP contribution in [0.15, 0.2) is 96.4 Å². The predicted octanol–water partition coefficient (Wildman–Crippen LogP) is 7.43. The van der Waals surface area contributed by atoms with Crippen LogP contribution in [0.4, 0.5) is 0 Å². The highest BCUT2D eigenvalue weighted by Gasteiger charge is 2.31. The Morgan fingerprint density at radius 3 is 2.44 bits per heavy atom. The number of hydrogen-bond acceptors (Lipinski definition) is 7. The maximum Gasteiger partial charge on any atom is 0.349 e. The molecule has 0 spiro atoms. The molecule has 1 heterocycles. The molecule has 0 bridgehead atoms. The first kappa shape index (κ1) is 28.2. The van der Waals surface area contributed by atoms with E-state index in [9.17, 15) is 10.1 Å². The number of carbonyl (C=O) groups is 1. The molecule has 0 saturated carbocycles. The van der Waals surface area contributed by atoms with Gasteiger partial charge in [0.1, 0.15) is 41.2 Å². The van der Waals surface area contributed by atoms with E-state index >= 15 is 0 Å². The third kappa shape index (κ3) is 6.69. The number of benzene rings is 4. The van der Waals surface area contributed by atoms with E-state index in [1.54, 1.807) is 36.4 Å². The summed E-state index contributed by atoms with van der Waals surface area (Å²) in [7, 11) is 0. The highest BCUT2D eigenvalue weighted by molar-refractivity contribution is 6.35. The van der Waals surface area contributed by atoms with Crippen molar-refractivity contribution in [2.75, 3.05) is 6.61 Å². The van der Waals surface area contributed by atoms with Crippen molar-refractivity contribution < 1.29 is 23.7 Å². The van der Waals surface area contributed by atoms with E-state index in [2.05, 4.69) is 6.07 Å². The number of nitriles is 1. The molecule has 206 valence electrons. The smallest absolute Gasteiger partial charge is 0.349 e. The van der Waals surface area contributed by atoms with Crippen molar-refractivity contribution in [1.29, 1.82) is 5.26 Å². The van der Waals surface area contributed by atoms with Crippen molar-refractivity contribution in [1.82, 2.24) is 0 Å². The normalized spacial score (nSPS) is 14.0. The lowest BCUT2D eigenvalue weighted by atomic mass is 9.83. The van der Waals surface area contributed by atoms with Gasteiger partial charge in [-0.1, -0.05) is 65.1 Å². The van der Waals surface area contributed by atoms with Crippen LogP contribution < -0.4 is 24.7 Å². The molecule has 0 aliphatic carbocycles. The van der Waals surface area contributed by atoms with Crippen LogP contribution in [0.3, 0.4) is 0 Å². The molecule has 1 aliphatic rings. The number of nitrogens with zero attached hydrogens (tertiary/aromatic N) is 1. The van der Waals surface area contributed by atoms with Gasteiger partial charge in [-0.3, -0.25) is 0 Å². The fraction of sp³-hybridized carbons (Fsp3) is 0.0968. The van der Waals surface area contributed by atoms with Gasteiger partial charge in [0, 0.05) is 21.7 Å². The molecule has 4 aromatic carbocycles. The van der Waals surface area contributed by atoms with Crippen LogP contribution >= 0.6 is 34.8 Å². The lowest BCUT2D eigenvalue weighted by Gasteiger charge is -2.27. The summed E-state index contributed by atoms with van der Waals surface area (Å²) in [6.07, 6.45) is 0. The molecule has 7 nitrogen and oxygen atoms in total. The molecule has 4 aromatic rings. The Labute approximate surface area is 251 Å². The molecule has 1 atom stereocenters. The van der Waals surface area contributed by atoms with Gasteiger partial charge in [0.2, 0.25) is 5.88 Å². The van der Waals surface area contributed by atoms with Gasteiger partial charge in [0.25, 0.3) is 0 Å². The average Bonchev–Trinajstić information content (AvgIpc) is 2.96. The number of rotatable bonds is 8. The third-order valence-corrected chi connectivity index (χ3v) is 6.95. The predicted molar refractivity (Wildman–Crippen MR) is 156 cm³/mol. The lowest BCUT2D eigenvalue weighted by Crippen LogP contribution is -2.21. The number of hydrogen-bond donors (Lipinski definition) is 1.